The topological polar surface area (TPSA) is 24.5 Å². The van der Waals surface area contributed by atoms with Crippen LogP contribution in [0.2, 0.25) is 0 Å². The van der Waals surface area contributed by atoms with Crippen molar-refractivity contribution in [2.24, 2.45) is 0 Å². The van der Waals surface area contributed by atoms with Gasteiger partial charge in [-0.2, -0.15) is 13.2 Å². The summed E-state index contributed by atoms with van der Waals surface area (Å²) in [5, 5.41) is 3.20. The average Bonchev–Trinajstić information content (AvgIpc) is 2.35. The van der Waals surface area contributed by atoms with Crippen LogP contribution in [0.3, 0.4) is 0 Å². The molecule has 0 spiro atoms. The Hall–Kier alpha value is -1.27. The quantitative estimate of drug-likeness (QED) is 0.796. The zero-order valence-electron chi connectivity index (χ0n) is 11.8. The van der Waals surface area contributed by atoms with Crippen molar-refractivity contribution in [1.29, 1.82) is 0 Å². The van der Waals surface area contributed by atoms with Crippen molar-refractivity contribution in [1.82, 2.24) is 10.2 Å². The molecule has 0 unspecified atom stereocenters. The first-order valence-corrected chi connectivity index (χ1v) is 6.59. The monoisotopic (exact) mass is 290 g/mol. The Morgan fingerprint density at radius 2 is 1.95 bits per heavy atom. The molecule has 0 atom stereocenters. The molecule has 0 fully saturated rings. The van der Waals surface area contributed by atoms with E-state index in [9.17, 15) is 13.2 Å². The third kappa shape index (κ3) is 6.77. The van der Waals surface area contributed by atoms with Crippen LogP contribution in [-0.2, 0) is 6.54 Å². The van der Waals surface area contributed by atoms with Crippen molar-refractivity contribution >= 4 is 0 Å². The summed E-state index contributed by atoms with van der Waals surface area (Å²) in [5.74, 6) is 0.717. The molecular formula is C14H21F3N2O. The third-order valence-corrected chi connectivity index (χ3v) is 2.72. The lowest BCUT2D eigenvalue weighted by molar-refractivity contribution is -0.143. The van der Waals surface area contributed by atoms with Gasteiger partial charge in [-0.1, -0.05) is 25.1 Å². The number of para-hydroxylation sites is 1. The van der Waals surface area contributed by atoms with E-state index in [-0.39, 0.29) is 13.2 Å². The Morgan fingerprint density at radius 1 is 1.25 bits per heavy atom. The summed E-state index contributed by atoms with van der Waals surface area (Å²) in [7, 11) is 1.43. The van der Waals surface area contributed by atoms with Crippen LogP contribution < -0.4 is 10.1 Å². The minimum absolute atomic E-state index is 0.231. The minimum atomic E-state index is -4.17. The zero-order valence-corrected chi connectivity index (χ0v) is 11.8. The van der Waals surface area contributed by atoms with Crippen LogP contribution in [0.15, 0.2) is 24.3 Å². The molecule has 114 valence electrons. The van der Waals surface area contributed by atoms with Crippen LogP contribution in [0, 0.1) is 0 Å². The molecule has 0 aliphatic carbocycles. The Kier molecular flexibility index (Phi) is 6.81. The fourth-order valence-electron chi connectivity index (χ4n) is 1.75. The number of hydrogen-bond acceptors (Lipinski definition) is 3. The number of nitrogens with one attached hydrogen (secondary N) is 1. The number of likely N-dealkylation sites (N-methyl/N-ethyl adjacent to an activating group) is 1. The molecule has 1 rings (SSSR count). The first-order chi connectivity index (χ1) is 9.42. The highest BCUT2D eigenvalue weighted by atomic mass is 19.4. The zero-order chi connectivity index (χ0) is 15.0. The SMILES string of the molecule is CCNCc1ccccc1OCCN(C)CC(F)(F)F. The fraction of sp³-hybridized carbons (Fsp3) is 0.571. The summed E-state index contributed by atoms with van der Waals surface area (Å²) in [4.78, 5) is 1.20. The summed E-state index contributed by atoms with van der Waals surface area (Å²) >= 11 is 0. The standard InChI is InChI=1S/C14H21F3N2O/c1-3-18-10-12-6-4-5-7-13(12)20-9-8-19(2)11-14(15,16)17/h4-7,18H,3,8-11H2,1-2H3. The highest BCUT2D eigenvalue weighted by Gasteiger charge is 2.28. The van der Waals surface area contributed by atoms with Gasteiger partial charge >= 0.3 is 6.18 Å². The smallest absolute Gasteiger partial charge is 0.401 e. The number of benzene rings is 1. The molecule has 0 saturated carbocycles. The second-order valence-corrected chi connectivity index (χ2v) is 4.59. The van der Waals surface area contributed by atoms with Crippen LogP contribution in [-0.4, -0.2) is 44.4 Å². The van der Waals surface area contributed by atoms with Crippen LogP contribution in [0.5, 0.6) is 5.75 Å². The molecule has 0 saturated heterocycles. The molecule has 6 heteroatoms. The van der Waals surface area contributed by atoms with Gasteiger partial charge in [0.15, 0.2) is 0 Å². The highest BCUT2D eigenvalue weighted by molar-refractivity contribution is 5.33. The highest BCUT2D eigenvalue weighted by Crippen LogP contribution is 2.18. The van der Waals surface area contributed by atoms with Gasteiger partial charge in [0.2, 0.25) is 0 Å². The predicted molar refractivity (Wildman–Crippen MR) is 72.9 cm³/mol. The molecule has 0 radical (unpaired) electrons. The maximum atomic E-state index is 12.2. The Morgan fingerprint density at radius 3 is 2.60 bits per heavy atom. The number of alkyl halides is 3. The van der Waals surface area contributed by atoms with Gasteiger partial charge in [0.05, 0.1) is 6.54 Å². The summed E-state index contributed by atoms with van der Waals surface area (Å²) in [6, 6.07) is 7.54. The van der Waals surface area contributed by atoms with Gasteiger partial charge in [-0.25, -0.2) is 0 Å². The van der Waals surface area contributed by atoms with E-state index < -0.39 is 12.7 Å². The molecule has 1 N–H and O–H groups in total. The molecule has 0 amide bonds. The molecule has 0 aliphatic rings. The molecule has 1 aromatic carbocycles. The van der Waals surface area contributed by atoms with E-state index in [1.165, 1.54) is 11.9 Å². The average molecular weight is 290 g/mol. The molecule has 3 nitrogen and oxygen atoms in total. The largest absolute Gasteiger partial charge is 0.492 e. The molecule has 1 aromatic rings. The Balaban J connectivity index is 2.41. The normalized spacial score (nSPS) is 11.9. The van der Waals surface area contributed by atoms with Crippen molar-refractivity contribution in [3.05, 3.63) is 29.8 Å². The molecule has 0 aromatic heterocycles. The van der Waals surface area contributed by atoms with E-state index in [0.29, 0.717) is 12.3 Å². The third-order valence-electron chi connectivity index (χ3n) is 2.72. The van der Waals surface area contributed by atoms with Gasteiger partial charge in [-0.3, -0.25) is 4.90 Å². The minimum Gasteiger partial charge on any atom is -0.492 e. The van der Waals surface area contributed by atoms with Crippen LogP contribution >= 0.6 is 0 Å². The second kappa shape index (κ2) is 8.11. The Bertz CT molecular complexity index is 396. The van der Waals surface area contributed by atoms with Crippen molar-refractivity contribution < 1.29 is 17.9 Å². The van der Waals surface area contributed by atoms with E-state index in [1.54, 1.807) is 0 Å². The van der Waals surface area contributed by atoms with E-state index >= 15 is 0 Å². The van der Waals surface area contributed by atoms with Crippen molar-refractivity contribution in [2.75, 3.05) is 33.3 Å². The lowest BCUT2D eigenvalue weighted by Gasteiger charge is -2.19. The lowest BCUT2D eigenvalue weighted by Crippen LogP contribution is -2.33. The number of rotatable bonds is 8. The van der Waals surface area contributed by atoms with E-state index in [4.69, 9.17) is 4.74 Å². The molecule has 0 heterocycles. The van der Waals surface area contributed by atoms with Crippen LogP contribution in [0.4, 0.5) is 13.2 Å². The van der Waals surface area contributed by atoms with Gasteiger partial charge in [0.25, 0.3) is 0 Å². The van der Waals surface area contributed by atoms with Crippen molar-refractivity contribution in [3.63, 3.8) is 0 Å². The first-order valence-electron chi connectivity index (χ1n) is 6.59. The molecule has 0 aliphatic heterocycles. The van der Waals surface area contributed by atoms with Gasteiger partial charge in [0, 0.05) is 18.7 Å². The van der Waals surface area contributed by atoms with Crippen molar-refractivity contribution in [3.8, 4) is 5.75 Å². The molecule has 20 heavy (non-hydrogen) atoms. The van der Waals surface area contributed by atoms with E-state index in [2.05, 4.69) is 5.32 Å². The van der Waals surface area contributed by atoms with Crippen LogP contribution in [0.25, 0.3) is 0 Å². The van der Waals surface area contributed by atoms with Crippen molar-refractivity contribution in [2.45, 2.75) is 19.6 Å². The summed E-state index contributed by atoms with van der Waals surface area (Å²) < 4.78 is 42.1. The molecular weight excluding hydrogens is 269 g/mol. The lowest BCUT2D eigenvalue weighted by atomic mass is 10.2. The Labute approximate surface area is 117 Å². The second-order valence-electron chi connectivity index (χ2n) is 4.59. The predicted octanol–water partition coefficient (Wildman–Crippen LogP) is 2.67. The number of halogens is 3. The summed E-state index contributed by atoms with van der Waals surface area (Å²) in [5.41, 5.74) is 1.01. The fourth-order valence-corrected chi connectivity index (χ4v) is 1.75. The van der Waals surface area contributed by atoms with Crippen LogP contribution in [0.1, 0.15) is 12.5 Å². The first kappa shape index (κ1) is 16.8. The van der Waals surface area contributed by atoms with E-state index in [1.807, 2.05) is 31.2 Å². The van der Waals surface area contributed by atoms with E-state index in [0.717, 1.165) is 12.1 Å². The maximum Gasteiger partial charge on any atom is 0.401 e. The molecule has 0 bridgehead atoms. The van der Waals surface area contributed by atoms with Gasteiger partial charge in [0.1, 0.15) is 12.4 Å². The number of nitrogens with zero attached hydrogens (tertiary/aromatic N) is 1. The number of hydrogen-bond donors (Lipinski definition) is 1. The summed E-state index contributed by atoms with van der Waals surface area (Å²) in [6.45, 7) is 3.09. The summed E-state index contributed by atoms with van der Waals surface area (Å²) in [6.07, 6.45) is -4.17. The van der Waals surface area contributed by atoms with Gasteiger partial charge in [-0.05, 0) is 19.7 Å². The number of ether oxygens (including phenoxy) is 1. The maximum absolute atomic E-state index is 12.2. The van der Waals surface area contributed by atoms with Gasteiger partial charge < -0.3 is 10.1 Å². The van der Waals surface area contributed by atoms with Gasteiger partial charge in [-0.15, -0.1) is 0 Å².